The van der Waals surface area contributed by atoms with Gasteiger partial charge < -0.3 is 19.7 Å². The maximum Gasteiger partial charge on any atom is 0.157 e. The third-order valence-corrected chi connectivity index (χ3v) is 5.25. The van der Waals surface area contributed by atoms with Crippen LogP contribution in [0.4, 0.5) is 0 Å². The van der Waals surface area contributed by atoms with Gasteiger partial charge in [-0.3, -0.25) is 4.90 Å². The van der Waals surface area contributed by atoms with Crippen LogP contribution in [-0.4, -0.2) is 35.9 Å². The Balaban J connectivity index is 1.82. The molecule has 2 aliphatic heterocycles. The van der Waals surface area contributed by atoms with Gasteiger partial charge in [-0.1, -0.05) is 0 Å². The van der Waals surface area contributed by atoms with Gasteiger partial charge in [0, 0.05) is 30.3 Å². The summed E-state index contributed by atoms with van der Waals surface area (Å²) >= 11 is 0. The number of nitrogens with zero attached hydrogens (tertiary/aromatic N) is 1. The summed E-state index contributed by atoms with van der Waals surface area (Å²) in [6.45, 7) is 1.71. The number of aromatic hydroxyl groups is 2. The molecule has 2 aliphatic rings. The van der Waals surface area contributed by atoms with Crippen molar-refractivity contribution in [2.45, 2.75) is 25.4 Å². The van der Waals surface area contributed by atoms with Gasteiger partial charge in [-0.15, -0.1) is 0 Å². The molecule has 0 aromatic heterocycles. The smallest absolute Gasteiger partial charge is 0.157 e. The fourth-order valence-corrected chi connectivity index (χ4v) is 4.03. The fourth-order valence-electron chi connectivity index (χ4n) is 4.03. The first kappa shape index (κ1) is 15.1. The molecule has 0 aliphatic carbocycles. The average molecular weight is 327 g/mol. The van der Waals surface area contributed by atoms with Crippen LogP contribution in [0.2, 0.25) is 0 Å². The van der Waals surface area contributed by atoms with E-state index >= 15 is 0 Å². The molecule has 24 heavy (non-hydrogen) atoms. The van der Waals surface area contributed by atoms with E-state index in [0.717, 1.165) is 48.6 Å². The Labute approximate surface area is 141 Å². The average Bonchev–Trinajstić information content (AvgIpc) is 2.60. The van der Waals surface area contributed by atoms with Crippen LogP contribution in [0.5, 0.6) is 23.0 Å². The van der Waals surface area contributed by atoms with Gasteiger partial charge in [0.2, 0.25) is 0 Å². The zero-order valence-electron chi connectivity index (χ0n) is 13.9. The lowest BCUT2D eigenvalue weighted by molar-refractivity contribution is 0.156. The van der Waals surface area contributed by atoms with Crippen LogP contribution in [0.25, 0.3) is 0 Å². The lowest BCUT2D eigenvalue weighted by Gasteiger charge is -2.42. The molecule has 2 aromatic rings. The molecule has 0 amide bonds. The Morgan fingerprint density at radius 2 is 1.67 bits per heavy atom. The van der Waals surface area contributed by atoms with Gasteiger partial charge in [0.25, 0.3) is 0 Å². The summed E-state index contributed by atoms with van der Waals surface area (Å²) in [6.07, 6.45) is 1.66. The molecule has 0 radical (unpaired) electrons. The quantitative estimate of drug-likeness (QED) is 0.831. The lowest BCUT2D eigenvalue weighted by Crippen LogP contribution is -2.39. The summed E-state index contributed by atoms with van der Waals surface area (Å²) in [6, 6.07) is 7.48. The molecule has 4 rings (SSSR count). The molecule has 126 valence electrons. The first-order chi connectivity index (χ1) is 11.6. The standard InChI is InChI=1S/C19H21NO4/c1-23-18-3-4-19(24-2)14-10-20-6-5-11-7-16(21)17(22)9-12(11)15(20)8-13(14)18/h3-4,7,9,15,21-22H,5-6,8,10H2,1-2H3. The SMILES string of the molecule is COc1ccc(OC)c2c1CC1c3cc(O)c(O)cc3CCN1C2. The van der Waals surface area contributed by atoms with Gasteiger partial charge >= 0.3 is 0 Å². The number of methoxy groups -OCH3 is 2. The van der Waals surface area contributed by atoms with Crippen LogP contribution in [0.1, 0.15) is 28.3 Å². The van der Waals surface area contributed by atoms with Gasteiger partial charge in [-0.25, -0.2) is 0 Å². The minimum atomic E-state index is -0.0565. The molecule has 0 saturated heterocycles. The van der Waals surface area contributed by atoms with Crippen molar-refractivity contribution in [3.05, 3.63) is 46.5 Å². The van der Waals surface area contributed by atoms with Crippen LogP contribution in [-0.2, 0) is 19.4 Å². The number of fused-ring (bicyclic) bond motifs is 4. The Kier molecular flexibility index (Phi) is 3.53. The van der Waals surface area contributed by atoms with Crippen molar-refractivity contribution in [3.63, 3.8) is 0 Å². The van der Waals surface area contributed by atoms with E-state index in [0.29, 0.717) is 0 Å². The number of phenols is 2. The molecule has 5 heteroatoms. The number of hydrogen-bond acceptors (Lipinski definition) is 5. The number of benzene rings is 2. The van der Waals surface area contributed by atoms with Crippen LogP contribution < -0.4 is 9.47 Å². The van der Waals surface area contributed by atoms with E-state index in [9.17, 15) is 10.2 Å². The Bertz CT molecular complexity index is 802. The van der Waals surface area contributed by atoms with E-state index in [1.165, 1.54) is 11.1 Å². The van der Waals surface area contributed by atoms with E-state index in [1.54, 1.807) is 26.4 Å². The van der Waals surface area contributed by atoms with Crippen molar-refractivity contribution in [1.29, 1.82) is 0 Å². The van der Waals surface area contributed by atoms with E-state index in [2.05, 4.69) is 4.90 Å². The van der Waals surface area contributed by atoms with E-state index in [4.69, 9.17) is 9.47 Å². The predicted octanol–water partition coefficient (Wildman–Crippen LogP) is 2.77. The number of rotatable bonds is 2. The summed E-state index contributed by atoms with van der Waals surface area (Å²) in [5.41, 5.74) is 4.54. The largest absolute Gasteiger partial charge is 0.504 e. The van der Waals surface area contributed by atoms with Crippen molar-refractivity contribution >= 4 is 0 Å². The summed E-state index contributed by atoms with van der Waals surface area (Å²) < 4.78 is 11.1. The molecular formula is C19H21NO4. The monoisotopic (exact) mass is 327 g/mol. The van der Waals surface area contributed by atoms with Gasteiger partial charge in [0.05, 0.1) is 14.2 Å². The van der Waals surface area contributed by atoms with Crippen LogP contribution in [0.15, 0.2) is 24.3 Å². The molecule has 0 spiro atoms. The normalized spacial score (nSPS) is 19.2. The number of phenolic OH excluding ortho intramolecular Hbond substituents is 2. The third-order valence-electron chi connectivity index (χ3n) is 5.25. The van der Waals surface area contributed by atoms with E-state index in [-0.39, 0.29) is 17.5 Å². The molecule has 1 atom stereocenters. The van der Waals surface area contributed by atoms with E-state index < -0.39 is 0 Å². The third kappa shape index (κ3) is 2.19. The summed E-state index contributed by atoms with van der Waals surface area (Å²) in [5, 5.41) is 19.7. The van der Waals surface area contributed by atoms with Crippen molar-refractivity contribution in [3.8, 4) is 23.0 Å². The molecule has 2 N–H and O–H groups in total. The molecule has 5 nitrogen and oxygen atoms in total. The number of hydrogen-bond donors (Lipinski definition) is 2. The molecule has 1 unspecified atom stereocenters. The van der Waals surface area contributed by atoms with Crippen molar-refractivity contribution < 1.29 is 19.7 Å². The minimum absolute atomic E-state index is 0.0438. The zero-order chi connectivity index (χ0) is 16.8. The zero-order valence-corrected chi connectivity index (χ0v) is 13.9. The second kappa shape index (κ2) is 5.60. The summed E-state index contributed by atoms with van der Waals surface area (Å²) in [4.78, 5) is 2.41. The van der Waals surface area contributed by atoms with Gasteiger partial charge in [0.15, 0.2) is 11.5 Å². The van der Waals surface area contributed by atoms with E-state index in [1.807, 2.05) is 12.1 Å². The second-order valence-corrected chi connectivity index (χ2v) is 6.41. The van der Waals surface area contributed by atoms with Gasteiger partial charge in [0.1, 0.15) is 11.5 Å². The van der Waals surface area contributed by atoms with Crippen molar-refractivity contribution in [1.82, 2.24) is 4.90 Å². The number of ether oxygens (including phenoxy) is 2. The van der Waals surface area contributed by atoms with Gasteiger partial charge in [-0.2, -0.15) is 0 Å². The van der Waals surface area contributed by atoms with Crippen LogP contribution >= 0.6 is 0 Å². The minimum Gasteiger partial charge on any atom is -0.504 e. The molecule has 0 saturated carbocycles. The predicted molar refractivity (Wildman–Crippen MR) is 89.9 cm³/mol. The highest BCUT2D eigenvalue weighted by Crippen LogP contribution is 2.45. The molecule has 2 heterocycles. The molecule has 2 aromatic carbocycles. The summed E-state index contributed by atoms with van der Waals surface area (Å²) in [5.74, 6) is 1.67. The first-order valence-electron chi connectivity index (χ1n) is 8.14. The molecular weight excluding hydrogens is 306 g/mol. The van der Waals surface area contributed by atoms with Gasteiger partial charge in [-0.05, 0) is 48.2 Å². The van der Waals surface area contributed by atoms with Crippen LogP contribution in [0.3, 0.4) is 0 Å². The summed E-state index contributed by atoms with van der Waals surface area (Å²) in [7, 11) is 3.38. The maximum atomic E-state index is 9.93. The highest BCUT2D eigenvalue weighted by molar-refractivity contribution is 5.53. The highest BCUT2D eigenvalue weighted by atomic mass is 16.5. The second-order valence-electron chi connectivity index (χ2n) is 6.41. The fraction of sp³-hybridized carbons (Fsp3) is 0.368. The van der Waals surface area contributed by atoms with Crippen molar-refractivity contribution in [2.24, 2.45) is 0 Å². The highest BCUT2D eigenvalue weighted by Gasteiger charge is 2.35. The lowest BCUT2D eigenvalue weighted by atomic mass is 9.83. The Morgan fingerprint density at radius 1 is 1.00 bits per heavy atom. The maximum absolute atomic E-state index is 9.93. The van der Waals surface area contributed by atoms with Crippen LogP contribution in [0, 0.1) is 0 Å². The Hall–Kier alpha value is -2.40. The topological polar surface area (TPSA) is 62.2 Å². The first-order valence-corrected chi connectivity index (χ1v) is 8.14. The molecule has 0 bridgehead atoms. The van der Waals surface area contributed by atoms with Crippen molar-refractivity contribution in [2.75, 3.05) is 20.8 Å². The molecule has 0 fully saturated rings. The Morgan fingerprint density at radius 3 is 2.38 bits per heavy atom.